The van der Waals surface area contributed by atoms with Crippen LogP contribution in [0.25, 0.3) is 0 Å². The molecule has 26 heavy (non-hydrogen) atoms. The van der Waals surface area contributed by atoms with Crippen LogP contribution in [0.5, 0.6) is 11.5 Å². The maximum Gasteiger partial charge on any atom is 0.256 e. The van der Waals surface area contributed by atoms with Crippen molar-refractivity contribution >= 4 is 15.9 Å². The van der Waals surface area contributed by atoms with Gasteiger partial charge in [-0.15, -0.1) is 4.40 Å². The van der Waals surface area contributed by atoms with Gasteiger partial charge < -0.3 is 9.64 Å². The maximum atomic E-state index is 13.0. The van der Waals surface area contributed by atoms with Crippen LogP contribution in [0.1, 0.15) is 24.3 Å². The van der Waals surface area contributed by atoms with Crippen LogP contribution in [-0.2, 0) is 10.0 Å². The van der Waals surface area contributed by atoms with Gasteiger partial charge >= 0.3 is 0 Å². The van der Waals surface area contributed by atoms with Crippen molar-refractivity contribution in [2.24, 2.45) is 4.40 Å². The molecule has 5 nitrogen and oxygen atoms in total. The van der Waals surface area contributed by atoms with Gasteiger partial charge in [-0.1, -0.05) is 12.1 Å². The molecule has 1 saturated heterocycles. The van der Waals surface area contributed by atoms with Gasteiger partial charge in [0.1, 0.15) is 23.2 Å². The average Bonchev–Trinajstić information content (AvgIpc) is 2.63. The van der Waals surface area contributed by atoms with E-state index >= 15 is 0 Å². The van der Waals surface area contributed by atoms with Gasteiger partial charge in [0.2, 0.25) is 0 Å². The van der Waals surface area contributed by atoms with E-state index in [1.54, 1.807) is 12.1 Å². The molecule has 2 aliphatic rings. The maximum absolute atomic E-state index is 13.0. The molecule has 0 amide bonds. The Balaban J connectivity index is 1.56. The highest BCUT2D eigenvalue weighted by Gasteiger charge is 2.33. The Morgan fingerprint density at radius 1 is 1.00 bits per heavy atom. The van der Waals surface area contributed by atoms with E-state index in [2.05, 4.69) is 9.30 Å². The Hall–Kier alpha value is -2.41. The monoisotopic (exact) mass is 374 g/mol. The number of fused-ring (bicyclic) bond motifs is 1. The number of halogens is 1. The molecule has 0 radical (unpaired) electrons. The molecule has 0 saturated carbocycles. The number of benzene rings is 2. The first-order valence-corrected chi connectivity index (χ1v) is 10.2. The van der Waals surface area contributed by atoms with Crippen LogP contribution in [0.4, 0.5) is 4.39 Å². The standard InChI is InChI=1S/C19H19FN2O3S/c20-15-5-9-17(10-6-15)25-16-7-3-14(4-8-16)18-2-1-11-22-12-13-26(23,24)21-19(18)22/h3-10,18H,1-2,11-13H2. The Kier molecular flexibility index (Phi) is 4.40. The fraction of sp³-hybridized carbons (Fsp3) is 0.316. The van der Waals surface area contributed by atoms with Gasteiger partial charge in [-0.3, -0.25) is 0 Å². The fourth-order valence-corrected chi connectivity index (χ4v) is 4.50. The van der Waals surface area contributed by atoms with E-state index < -0.39 is 10.0 Å². The summed E-state index contributed by atoms with van der Waals surface area (Å²) in [5.41, 5.74) is 1.03. The predicted molar refractivity (Wildman–Crippen MR) is 97.7 cm³/mol. The molecule has 0 aliphatic carbocycles. The lowest BCUT2D eigenvalue weighted by atomic mass is 9.89. The number of piperidine rings is 1. The number of nitrogens with zero attached hydrogens (tertiary/aromatic N) is 2. The molecule has 1 atom stereocenters. The lowest BCUT2D eigenvalue weighted by Gasteiger charge is -2.37. The minimum Gasteiger partial charge on any atom is -0.457 e. The summed E-state index contributed by atoms with van der Waals surface area (Å²) in [6, 6.07) is 13.4. The molecule has 0 bridgehead atoms. The molecule has 2 aromatic rings. The normalized spacial score (nSPS) is 21.7. The van der Waals surface area contributed by atoms with Crippen LogP contribution >= 0.6 is 0 Å². The second-order valence-electron chi connectivity index (χ2n) is 6.54. The molecule has 7 heteroatoms. The zero-order valence-corrected chi connectivity index (χ0v) is 15.0. The van der Waals surface area contributed by atoms with Crippen molar-refractivity contribution in [2.45, 2.75) is 18.8 Å². The molecule has 1 unspecified atom stereocenters. The van der Waals surface area contributed by atoms with Crippen LogP contribution in [0, 0.1) is 5.82 Å². The molecule has 136 valence electrons. The second-order valence-corrected chi connectivity index (χ2v) is 8.30. The number of rotatable bonds is 3. The summed E-state index contributed by atoms with van der Waals surface area (Å²) in [5.74, 6) is 1.64. The molecule has 2 aliphatic heterocycles. The highest BCUT2D eigenvalue weighted by Crippen LogP contribution is 2.33. The number of sulfonamides is 1. The summed E-state index contributed by atoms with van der Waals surface area (Å²) in [7, 11) is -3.36. The van der Waals surface area contributed by atoms with Crippen LogP contribution in [-0.4, -0.2) is 38.0 Å². The third-order valence-corrected chi connectivity index (χ3v) is 5.90. The van der Waals surface area contributed by atoms with Crippen LogP contribution < -0.4 is 4.74 Å². The summed E-state index contributed by atoms with van der Waals surface area (Å²) in [6.07, 6.45) is 1.89. The minimum atomic E-state index is -3.36. The Morgan fingerprint density at radius 2 is 1.65 bits per heavy atom. The van der Waals surface area contributed by atoms with Gasteiger partial charge in [-0.05, 0) is 54.8 Å². The Labute approximate surface area is 152 Å². The van der Waals surface area contributed by atoms with E-state index in [0.717, 1.165) is 24.9 Å². The molecule has 0 spiro atoms. The van der Waals surface area contributed by atoms with E-state index in [1.165, 1.54) is 12.1 Å². The van der Waals surface area contributed by atoms with Gasteiger partial charge in [-0.2, -0.15) is 0 Å². The van der Waals surface area contributed by atoms with E-state index in [-0.39, 0.29) is 17.5 Å². The summed E-state index contributed by atoms with van der Waals surface area (Å²) in [4.78, 5) is 2.08. The molecule has 2 aromatic carbocycles. The first-order valence-electron chi connectivity index (χ1n) is 8.61. The largest absolute Gasteiger partial charge is 0.457 e. The van der Waals surface area contributed by atoms with Gasteiger partial charge in [0, 0.05) is 19.0 Å². The van der Waals surface area contributed by atoms with Crippen LogP contribution in [0.3, 0.4) is 0 Å². The average molecular weight is 374 g/mol. The zero-order chi connectivity index (χ0) is 18.1. The highest BCUT2D eigenvalue weighted by atomic mass is 32.2. The molecule has 2 heterocycles. The van der Waals surface area contributed by atoms with E-state index in [0.29, 0.717) is 23.9 Å². The van der Waals surface area contributed by atoms with Crippen LogP contribution in [0.2, 0.25) is 0 Å². The minimum absolute atomic E-state index is 0.0151. The van der Waals surface area contributed by atoms with Gasteiger partial charge in [0.25, 0.3) is 10.0 Å². The van der Waals surface area contributed by atoms with Crippen molar-refractivity contribution in [3.8, 4) is 11.5 Å². The highest BCUT2D eigenvalue weighted by molar-refractivity contribution is 7.90. The van der Waals surface area contributed by atoms with Crippen molar-refractivity contribution in [1.29, 1.82) is 0 Å². The summed E-state index contributed by atoms with van der Waals surface area (Å²) < 4.78 is 46.5. The lowest BCUT2D eigenvalue weighted by Crippen LogP contribution is -2.46. The first kappa shape index (κ1) is 17.0. The molecule has 0 aromatic heterocycles. The third-order valence-electron chi connectivity index (χ3n) is 4.74. The molecule has 4 rings (SSSR count). The smallest absolute Gasteiger partial charge is 0.256 e. The first-order chi connectivity index (χ1) is 12.5. The molecular weight excluding hydrogens is 355 g/mol. The molecule has 1 fully saturated rings. The van der Waals surface area contributed by atoms with Crippen molar-refractivity contribution < 1.29 is 17.5 Å². The van der Waals surface area contributed by atoms with Crippen LogP contribution in [0.15, 0.2) is 52.9 Å². The Bertz CT molecular complexity index is 924. The summed E-state index contributed by atoms with van der Waals surface area (Å²) in [5, 5.41) is 0. The number of amidine groups is 1. The Morgan fingerprint density at radius 3 is 2.35 bits per heavy atom. The van der Waals surface area contributed by atoms with Gasteiger partial charge in [0.05, 0.1) is 5.75 Å². The van der Waals surface area contributed by atoms with Crippen molar-refractivity contribution in [2.75, 3.05) is 18.8 Å². The third kappa shape index (κ3) is 3.58. The SMILES string of the molecule is O=S1(=O)CCN2CCCC(c3ccc(Oc4ccc(F)cc4)cc3)C2=N1. The van der Waals surface area contributed by atoms with Crippen molar-refractivity contribution in [1.82, 2.24) is 4.90 Å². The molecule has 0 N–H and O–H groups in total. The van der Waals surface area contributed by atoms with E-state index in [4.69, 9.17) is 4.74 Å². The van der Waals surface area contributed by atoms with Crippen molar-refractivity contribution in [3.63, 3.8) is 0 Å². The summed E-state index contributed by atoms with van der Waals surface area (Å²) >= 11 is 0. The topological polar surface area (TPSA) is 59.0 Å². The molecular formula is C19H19FN2O3S. The predicted octanol–water partition coefficient (Wildman–Crippen LogP) is 3.54. The van der Waals surface area contributed by atoms with E-state index in [1.807, 2.05) is 24.3 Å². The number of ether oxygens (including phenoxy) is 1. The lowest BCUT2D eigenvalue weighted by molar-refractivity contribution is 0.366. The quantitative estimate of drug-likeness (QED) is 0.825. The zero-order valence-electron chi connectivity index (χ0n) is 14.1. The van der Waals surface area contributed by atoms with Gasteiger partial charge in [0.15, 0.2) is 0 Å². The second kappa shape index (κ2) is 6.72. The van der Waals surface area contributed by atoms with Gasteiger partial charge in [-0.25, -0.2) is 12.8 Å². The fourth-order valence-electron chi connectivity index (χ4n) is 3.43. The summed E-state index contributed by atoms with van der Waals surface area (Å²) in [6.45, 7) is 1.38. The van der Waals surface area contributed by atoms with E-state index in [9.17, 15) is 12.8 Å². The van der Waals surface area contributed by atoms with Crippen molar-refractivity contribution in [3.05, 3.63) is 59.9 Å². The number of hydrogen-bond acceptors (Lipinski definition) is 4. The number of hydrogen-bond donors (Lipinski definition) is 0.